The Labute approximate surface area is 128 Å². The van der Waals surface area contributed by atoms with E-state index >= 15 is 0 Å². The van der Waals surface area contributed by atoms with E-state index in [2.05, 4.69) is 0 Å². The number of carbonyl (C=O) groups excluding carboxylic acids is 1. The van der Waals surface area contributed by atoms with E-state index in [9.17, 15) is 4.79 Å². The van der Waals surface area contributed by atoms with E-state index in [-0.39, 0.29) is 5.91 Å². The lowest BCUT2D eigenvalue weighted by atomic mass is 9.95. The Morgan fingerprint density at radius 3 is 2.45 bits per heavy atom. The maximum Gasteiger partial charge on any atom is 0.266 e. The monoisotopic (exact) mass is 293 g/mol. The predicted octanol–water partition coefficient (Wildman–Crippen LogP) is 3.81. The number of hydrogen-bond acceptors (Lipinski definition) is 3. The molecule has 2 heterocycles. The maximum atomic E-state index is 12.4. The molecule has 0 atom stereocenters. The summed E-state index contributed by atoms with van der Waals surface area (Å²) < 4.78 is 10.9. The van der Waals surface area contributed by atoms with Gasteiger partial charge in [0.05, 0.1) is 5.69 Å². The van der Waals surface area contributed by atoms with Gasteiger partial charge in [-0.05, 0) is 30.2 Å². The number of fused-ring (bicyclic) bond motifs is 1. The molecule has 1 amide bonds. The van der Waals surface area contributed by atoms with Gasteiger partial charge in [-0.2, -0.15) is 0 Å². The van der Waals surface area contributed by atoms with Crippen LogP contribution in [-0.2, 0) is 20.7 Å². The fourth-order valence-electron chi connectivity index (χ4n) is 3.02. The number of benzene rings is 2. The third-order valence-corrected chi connectivity index (χ3v) is 3.99. The van der Waals surface area contributed by atoms with Gasteiger partial charge in [0.2, 0.25) is 5.91 Å². The Kier molecular flexibility index (Phi) is 3.07. The molecule has 0 aliphatic carbocycles. The lowest BCUT2D eigenvalue weighted by molar-refractivity contribution is -0.118. The van der Waals surface area contributed by atoms with E-state index in [4.69, 9.17) is 9.47 Å². The zero-order chi connectivity index (χ0) is 14.9. The van der Waals surface area contributed by atoms with Crippen LogP contribution in [0.1, 0.15) is 23.8 Å². The van der Waals surface area contributed by atoms with Gasteiger partial charge in [-0.3, -0.25) is 9.69 Å². The van der Waals surface area contributed by atoms with Crippen LogP contribution in [-0.4, -0.2) is 5.91 Å². The van der Waals surface area contributed by atoms with Crippen LogP contribution in [0.25, 0.3) is 0 Å². The molecule has 0 N–H and O–H groups in total. The Hall–Kier alpha value is -2.75. The molecular formula is C18H15NO3. The fourth-order valence-corrected chi connectivity index (χ4v) is 3.02. The molecule has 2 aromatic carbocycles. The van der Waals surface area contributed by atoms with Crippen molar-refractivity contribution in [3.63, 3.8) is 0 Å². The lowest BCUT2D eigenvalue weighted by Crippen LogP contribution is -2.31. The molecule has 2 aliphatic rings. The third kappa shape index (κ3) is 2.04. The van der Waals surface area contributed by atoms with Crippen LogP contribution in [0.3, 0.4) is 0 Å². The van der Waals surface area contributed by atoms with Gasteiger partial charge in [0.15, 0.2) is 0 Å². The summed E-state index contributed by atoms with van der Waals surface area (Å²) in [6.45, 7) is 0. The second-order valence-electron chi connectivity index (χ2n) is 5.29. The fraction of sp³-hybridized carbons (Fsp3) is 0.167. The van der Waals surface area contributed by atoms with Crippen LogP contribution >= 0.6 is 0 Å². The highest BCUT2D eigenvalue weighted by Gasteiger charge is 2.30. The van der Waals surface area contributed by atoms with E-state index in [1.807, 2.05) is 48.5 Å². The van der Waals surface area contributed by atoms with Crippen LogP contribution in [0, 0.1) is 0 Å². The number of carbonyl (C=O) groups is 1. The molecule has 110 valence electrons. The van der Waals surface area contributed by atoms with Gasteiger partial charge < -0.3 is 9.47 Å². The van der Waals surface area contributed by atoms with Crippen LogP contribution < -0.4 is 4.90 Å². The Morgan fingerprint density at radius 1 is 0.909 bits per heavy atom. The van der Waals surface area contributed by atoms with Crippen LogP contribution in [0.2, 0.25) is 0 Å². The molecule has 22 heavy (non-hydrogen) atoms. The minimum absolute atomic E-state index is 0.113. The third-order valence-electron chi connectivity index (χ3n) is 3.99. The summed E-state index contributed by atoms with van der Waals surface area (Å²) in [7, 11) is 0. The van der Waals surface area contributed by atoms with E-state index in [1.54, 1.807) is 17.4 Å². The number of para-hydroxylation sites is 1. The normalized spacial score (nSPS) is 17.1. The van der Waals surface area contributed by atoms with Crippen molar-refractivity contribution in [3.05, 3.63) is 72.2 Å². The van der Waals surface area contributed by atoms with Gasteiger partial charge in [-0.1, -0.05) is 30.3 Å². The lowest BCUT2D eigenvalue weighted by Gasteiger charge is -2.31. The molecule has 4 rings (SSSR count). The molecule has 0 aromatic heterocycles. The van der Waals surface area contributed by atoms with Gasteiger partial charge in [0.25, 0.3) is 6.29 Å². The van der Waals surface area contributed by atoms with Crippen molar-refractivity contribution < 1.29 is 14.3 Å². The van der Waals surface area contributed by atoms with Crippen molar-refractivity contribution in [2.75, 3.05) is 4.90 Å². The standard InChI is InChI=1S/C18H15NO3/c20-17-10-9-14-15(18-21-11-12-22-18)7-4-8-16(14)19(17)13-5-2-1-3-6-13/h1-8,11-12,18H,9-10H2. The van der Waals surface area contributed by atoms with Crippen molar-refractivity contribution in [2.45, 2.75) is 19.1 Å². The average molecular weight is 293 g/mol. The molecule has 0 fully saturated rings. The first kappa shape index (κ1) is 13.0. The summed E-state index contributed by atoms with van der Waals surface area (Å²) in [5, 5.41) is 0. The van der Waals surface area contributed by atoms with Gasteiger partial charge >= 0.3 is 0 Å². The van der Waals surface area contributed by atoms with Crippen molar-refractivity contribution in [2.24, 2.45) is 0 Å². The van der Waals surface area contributed by atoms with Crippen LogP contribution in [0.4, 0.5) is 11.4 Å². The topological polar surface area (TPSA) is 38.8 Å². The van der Waals surface area contributed by atoms with Crippen LogP contribution in [0.15, 0.2) is 61.1 Å². The number of ether oxygens (including phenoxy) is 2. The van der Waals surface area contributed by atoms with Gasteiger partial charge in [0, 0.05) is 17.7 Å². The number of hydrogen-bond donors (Lipinski definition) is 0. The predicted molar refractivity (Wildman–Crippen MR) is 82.4 cm³/mol. The summed E-state index contributed by atoms with van der Waals surface area (Å²) in [4.78, 5) is 14.2. The summed E-state index contributed by atoms with van der Waals surface area (Å²) in [5.41, 5.74) is 3.90. The molecule has 0 saturated heterocycles. The van der Waals surface area contributed by atoms with E-state index in [0.717, 1.165) is 22.5 Å². The molecule has 0 radical (unpaired) electrons. The zero-order valence-corrected chi connectivity index (χ0v) is 11.9. The first-order valence-electron chi connectivity index (χ1n) is 7.30. The summed E-state index contributed by atoms with van der Waals surface area (Å²) in [6.07, 6.45) is 3.87. The number of nitrogens with zero attached hydrogens (tertiary/aromatic N) is 1. The van der Waals surface area contributed by atoms with E-state index in [0.29, 0.717) is 12.8 Å². The van der Waals surface area contributed by atoms with Gasteiger partial charge in [-0.25, -0.2) is 0 Å². The molecular weight excluding hydrogens is 278 g/mol. The molecule has 2 aromatic rings. The van der Waals surface area contributed by atoms with Gasteiger partial charge in [-0.15, -0.1) is 0 Å². The minimum Gasteiger partial charge on any atom is -0.455 e. The highest BCUT2D eigenvalue weighted by atomic mass is 16.7. The molecule has 4 nitrogen and oxygen atoms in total. The molecule has 0 saturated carbocycles. The first-order chi connectivity index (χ1) is 10.8. The number of rotatable bonds is 2. The summed E-state index contributed by atoms with van der Waals surface area (Å²) in [5.74, 6) is 0.113. The molecule has 0 bridgehead atoms. The molecule has 4 heteroatoms. The number of anilines is 2. The SMILES string of the molecule is O=C1CCc2c(C3OC=CO3)cccc2N1c1ccccc1. The summed E-state index contributed by atoms with van der Waals surface area (Å²) >= 11 is 0. The second-order valence-corrected chi connectivity index (χ2v) is 5.29. The quantitative estimate of drug-likeness (QED) is 0.845. The van der Waals surface area contributed by atoms with Crippen molar-refractivity contribution in [3.8, 4) is 0 Å². The average Bonchev–Trinajstić information content (AvgIpc) is 3.09. The summed E-state index contributed by atoms with van der Waals surface area (Å²) in [6, 6.07) is 15.6. The van der Waals surface area contributed by atoms with Crippen molar-refractivity contribution >= 4 is 17.3 Å². The van der Waals surface area contributed by atoms with Crippen molar-refractivity contribution in [1.29, 1.82) is 0 Å². The van der Waals surface area contributed by atoms with E-state index < -0.39 is 6.29 Å². The Morgan fingerprint density at radius 2 is 1.68 bits per heavy atom. The first-order valence-corrected chi connectivity index (χ1v) is 7.30. The number of amides is 1. The highest BCUT2D eigenvalue weighted by Crippen LogP contribution is 2.39. The smallest absolute Gasteiger partial charge is 0.266 e. The van der Waals surface area contributed by atoms with Crippen LogP contribution in [0.5, 0.6) is 0 Å². The Balaban J connectivity index is 1.82. The van der Waals surface area contributed by atoms with Crippen molar-refractivity contribution in [1.82, 2.24) is 0 Å². The van der Waals surface area contributed by atoms with E-state index in [1.165, 1.54) is 0 Å². The highest BCUT2D eigenvalue weighted by molar-refractivity contribution is 6.03. The molecule has 0 unspecified atom stereocenters. The maximum absolute atomic E-state index is 12.4. The zero-order valence-electron chi connectivity index (χ0n) is 11.9. The largest absolute Gasteiger partial charge is 0.455 e. The minimum atomic E-state index is -0.416. The second kappa shape index (κ2) is 5.22. The molecule has 2 aliphatic heterocycles. The van der Waals surface area contributed by atoms with Gasteiger partial charge in [0.1, 0.15) is 12.5 Å². The molecule has 0 spiro atoms. The Bertz CT molecular complexity index is 731.